The number of hydrogen-bond donors (Lipinski definition) is 1. The fraction of sp³-hybridized carbons (Fsp3) is 0.263. The van der Waals surface area contributed by atoms with Crippen molar-refractivity contribution < 1.29 is 32.6 Å². The average molecular weight is 381 g/mol. The van der Waals surface area contributed by atoms with Crippen LogP contribution in [0.1, 0.15) is 16.7 Å². The Kier molecular flexibility index (Phi) is 6.44. The maximum atomic E-state index is 12.8. The maximum Gasteiger partial charge on any atom is 0.416 e. The lowest BCUT2D eigenvalue weighted by molar-refractivity contribution is -0.142. The minimum absolute atomic E-state index is 0.0418. The van der Waals surface area contributed by atoms with Gasteiger partial charge in [-0.2, -0.15) is 13.2 Å². The first-order valence-corrected chi connectivity index (χ1v) is 8.01. The number of carbonyl (C=O) groups is 2. The zero-order valence-corrected chi connectivity index (χ0v) is 14.4. The molecule has 5 nitrogen and oxygen atoms in total. The predicted octanol–water partition coefficient (Wildman–Crippen LogP) is 3.97. The SMILES string of the molecule is CN(C(=O)OCc1ccccc1)C(Cc1cccc(C(F)(F)F)c1)C(=O)O. The number of aliphatic carboxylic acids is 1. The van der Waals surface area contributed by atoms with E-state index in [0.29, 0.717) is 0 Å². The second-order valence-corrected chi connectivity index (χ2v) is 5.91. The van der Waals surface area contributed by atoms with E-state index in [-0.39, 0.29) is 18.6 Å². The highest BCUT2D eigenvalue weighted by Crippen LogP contribution is 2.30. The highest BCUT2D eigenvalue weighted by Gasteiger charge is 2.32. The lowest BCUT2D eigenvalue weighted by Crippen LogP contribution is -2.44. The summed E-state index contributed by atoms with van der Waals surface area (Å²) in [6.07, 6.45) is -5.69. The first-order valence-electron chi connectivity index (χ1n) is 8.01. The Morgan fingerprint density at radius 3 is 2.30 bits per heavy atom. The molecule has 0 saturated heterocycles. The van der Waals surface area contributed by atoms with Crippen molar-refractivity contribution in [3.8, 4) is 0 Å². The molecule has 1 N–H and O–H groups in total. The Labute approximate surface area is 154 Å². The maximum absolute atomic E-state index is 12.8. The van der Waals surface area contributed by atoms with Gasteiger partial charge in [0.25, 0.3) is 0 Å². The van der Waals surface area contributed by atoms with Crippen molar-refractivity contribution in [3.05, 3.63) is 71.3 Å². The van der Waals surface area contributed by atoms with Crippen LogP contribution >= 0.6 is 0 Å². The molecule has 1 atom stereocenters. The van der Waals surface area contributed by atoms with Gasteiger partial charge in [0.05, 0.1) is 5.56 Å². The van der Waals surface area contributed by atoms with Crippen LogP contribution in [0.5, 0.6) is 0 Å². The Morgan fingerprint density at radius 2 is 1.70 bits per heavy atom. The van der Waals surface area contributed by atoms with Crippen LogP contribution in [0.4, 0.5) is 18.0 Å². The van der Waals surface area contributed by atoms with Gasteiger partial charge in [-0.05, 0) is 17.2 Å². The van der Waals surface area contributed by atoms with Gasteiger partial charge in [-0.3, -0.25) is 4.90 Å². The Hall–Kier alpha value is -3.03. The number of benzene rings is 2. The van der Waals surface area contributed by atoms with E-state index in [9.17, 15) is 27.9 Å². The summed E-state index contributed by atoms with van der Waals surface area (Å²) in [5, 5.41) is 9.40. The molecule has 0 aliphatic carbocycles. The summed E-state index contributed by atoms with van der Waals surface area (Å²) >= 11 is 0. The molecule has 144 valence electrons. The third-order valence-corrected chi connectivity index (χ3v) is 3.93. The highest BCUT2D eigenvalue weighted by atomic mass is 19.4. The predicted molar refractivity (Wildman–Crippen MR) is 91.0 cm³/mol. The van der Waals surface area contributed by atoms with Crippen molar-refractivity contribution in [1.82, 2.24) is 4.90 Å². The second kappa shape index (κ2) is 8.57. The molecular formula is C19H18F3NO4. The van der Waals surface area contributed by atoms with Crippen LogP contribution in [-0.2, 0) is 28.7 Å². The van der Waals surface area contributed by atoms with Crippen LogP contribution in [0.2, 0.25) is 0 Å². The molecule has 8 heteroatoms. The first-order chi connectivity index (χ1) is 12.7. The van der Waals surface area contributed by atoms with Crippen LogP contribution in [0.15, 0.2) is 54.6 Å². The standard InChI is InChI=1S/C19H18F3NO4/c1-23(18(26)27-12-13-6-3-2-4-7-13)16(17(24)25)11-14-8-5-9-15(10-14)19(20,21)22/h2-10,16H,11-12H2,1H3,(H,24,25). The quantitative estimate of drug-likeness (QED) is 0.822. The fourth-order valence-corrected chi connectivity index (χ4v) is 2.44. The minimum Gasteiger partial charge on any atom is -0.480 e. The molecule has 0 spiro atoms. The third-order valence-electron chi connectivity index (χ3n) is 3.93. The largest absolute Gasteiger partial charge is 0.480 e. The van der Waals surface area contributed by atoms with E-state index in [0.717, 1.165) is 22.6 Å². The van der Waals surface area contributed by atoms with E-state index < -0.39 is 29.8 Å². The molecule has 0 saturated carbocycles. The van der Waals surface area contributed by atoms with Crippen molar-refractivity contribution >= 4 is 12.1 Å². The van der Waals surface area contributed by atoms with Gasteiger partial charge in [0.1, 0.15) is 12.6 Å². The van der Waals surface area contributed by atoms with Crippen molar-refractivity contribution in [2.24, 2.45) is 0 Å². The van der Waals surface area contributed by atoms with Crippen molar-refractivity contribution in [2.45, 2.75) is 25.2 Å². The summed E-state index contributed by atoms with van der Waals surface area (Å²) in [7, 11) is 1.24. The van der Waals surface area contributed by atoms with E-state index in [1.54, 1.807) is 30.3 Å². The number of likely N-dealkylation sites (N-methyl/N-ethyl adjacent to an activating group) is 1. The van der Waals surface area contributed by atoms with Crippen LogP contribution in [-0.4, -0.2) is 35.2 Å². The number of amides is 1. The van der Waals surface area contributed by atoms with E-state index in [1.807, 2.05) is 0 Å². The number of alkyl halides is 3. The van der Waals surface area contributed by atoms with Gasteiger partial charge in [0, 0.05) is 13.5 Å². The molecule has 1 unspecified atom stereocenters. The molecule has 2 aromatic rings. The zero-order chi connectivity index (χ0) is 20.0. The summed E-state index contributed by atoms with van der Waals surface area (Å²) in [6, 6.07) is 11.8. The smallest absolute Gasteiger partial charge is 0.416 e. The van der Waals surface area contributed by atoms with Crippen molar-refractivity contribution in [2.75, 3.05) is 7.05 Å². The Morgan fingerprint density at radius 1 is 1.07 bits per heavy atom. The normalized spacial score (nSPS) is 12.3. The van der Waals surface area contributed by atoms with Gasteiger partial charge in [-0.15, -0.1) is 0 Å². The zero-order valence-electron chi connectivity index (χ0n) is 14.4. The topological polar surface area (TPSA) is 66.8 Å². The average Bonchev–Trinajstić information content (AvgIpc) is 2.63. The number of ether oxygens (including phenoxy) is 1. The number of carboxylic acids is 1. The molecule has 0 radical (unpaired) electrons. The third kappa shape index (κ3) is 5.73. The number of carbonyl (C=O) groups excluding carboxylic acids is 1. The van der Waals surface area contributed by atoms with E-state index in [4.69, 9.17) is 4.74 Å². The molecular weight excluding hydrogens is 363 g/mol. The number of rotatable bonds is 6. The molecule has 0 heterocycles. The molecule has 1 amide bonds. The summed E-state index contributed by atoms with van der Waals surface area (Å²) in [5.74, 6) is -1.34. The number of carboxylic acid groups (broad SMARTS) is 1. The lowest BCUT2D eigenvalue weighted by Gasteiger charge is -2.24. The summed E-state index contributed by atoms with van der Waals surface area (Å²) in [5.41, 5.74) is 0.00221. The minimum atomic E-state index is -4.53. The summed E-state index contributed by atoms with van der Waals surface area (Å²) in [4.78, 5) is 24.5. The van der Waals surface area contributed by atoms with Crippen LogP contribution < -0.4 is 0 Å². The molecule has 0 aliphatic heterocycles. The monoisotopic (exact) mass is 381 g/mol. The van der Waals surface area contributed by atoms with Gasteiger partial charge in [-0.1, -0.05) is 48.5 Å². The number of nitrogens with zero attached hydrogens (tertiary/aromatic N) is 1. The van der Waals surface area contributed by atoms with Gasteiger partial charge in [0.15, 0.2) is 0 Å². The Balaban J connectivity index is 2.07. The molecule has 0 aliphatic rings. The van der Waals surface area contributed by atoms with Crippen molar-refractivity contribution in [3.63, 3.8) is 0 Å². The molecule has 0 aromatic heterocycles. The van der Waals surface area contributed by atoms with Gasteiger partial charge < -0.3 is 9.84 Å². The van der Waals surface area contributed by atoms with E-state index in [1.165, 1.54) is 19.2 Å². The van der Waals surface area contributed by atoms with Crippen LogP contribution in [0, 0.1) is 0 Å². The second-order valence-electron chi connectivity index (χ2n) is 5.91. The lowest BCUT2D eigenvalue weighted by atomic mass is 10.0. The Bertz CT molecular complexity index is 793. The molecule has 27 heavy (non-hydrogen) atoms. The molecule has 0 fully saturated rings. The number of hydrogen-bond acceptors (Lipinski definition) is 3. The van der Waals surface area contributed by atoms with Crippen LogP contribution in [0.25, 0.3) is 0 Å². The molecule has 2 aromatic carbocycles. The van der Waals surface area contributed by atoms with Crippen molar-refractivity contribution in [1.29, 1.82) is 0 Å². The first kappa shape index (κ1) is 20.3. The van der Waals surface area contributed by atoms with Gasteiger partial charge >= 0.3 is 18.2 Å². The summed E-state index contributed by atoms with van der Waals surface area (Å²) < 4.78 is 43.5. The van der Waals surface area contributed by atoms with Gasteiger partial charge in [-0.25, -0.2) is 9.59 Å². The van der Waals surface area contributed by atoms with E-state index in [2.05, 4.69) is 0 Å². The molecule has 2 rings (SSSR count). The molecule has 0 bridgehead atoms. The van der Waals surface area contributed by atoms with E-state index >= 15 is 0 Å². The summed E-state index contributed by atoms with van der Waals surface area (Å²) in [6.45, 7) is -0.0418. The number of halogens is 3. The van der Waals surface area contributed by atoms with Gasteiger partial charge in [0.2, 0.25) is 0 Å². The highest BCUT2D eigenvalue weighted by molar-refractivity contribution is 5.80. The fourth-order valence-electron chi connectivity index (χ4n) is 2.44. The van der Waals surface area contributed by atoms with Crippen LogP contribution in [0.3, 0.4) is 0 Å².